The molecule has 36 heavy (non-hydrogen) atoms. The highest BCUT2D eigenvalue weighted by Crippen LogP contribution is 2.37. The summed E-state index contributed by atoms with van der Waals surface area (Å²) in [5.74, 6) is 0.598. The maximum absolute atomic E-state index is 13.4. The van der Waals surface area contributed by atoms with Crippen LogP contribution in [0, 0.1) is 5.41 Å². The average Bonchev–Trinajstić information content (AvgIpc) is 3.32. The number of hydrogen-bond acceptors (Lipinski definition) is 4. The highest BCUT2D eigenvalue weighted by Gasteiger charge is 2.36. The lowest BCUT2D eigenvalue weighted by Crippen LogP contribution is -2.44. The van der Waals surface area contributed by atoms with Crippen LogP contribution >= 0.6 is 0 Å². The lowest BCUT2D eigenvalue weighted by molar-refractivity contribution is -0.131. The molecule has 2 bridgehead atoms. The minimum atomic E-state index is -0.147. The van der Waals surface area contributed by atoms with E-state index in [1.165, 1.54) is 0 Å². The summed E-state index contributed by atoms with van der Waals surface area (Å²) >= 11 is 0. The summed E-state index contributed by atoms with van der Waals surface area (Å²) in [4.78, 5) is 33.7. The number of carbonyl (C=O) groups excluding carboxylic acids is 2. The van der Waals surface area contributed by atoms with Gasteiger partial charge in [0.1, 0.15) is 12.4 Å². The molecule has 2 N–H and O–H groups in total. The number of piperidine rings is 1. The monoisotopic (exact) mass is 489 g/mol. The summed E-state index contributed by atoms with van der Waals surface area (Å²) < 4.78 is 6.08. The van der Waals surface area contributed by atoms with Crippen molar-refractivity contribution in [3.8, 4) is 5.75 Å². The minimum absolute atomic E-state index is 0.0284. The van der Waals surface area contributed by atoms with Gasteiger partial charge in [-0.3, -0.25) is 9.59 Å². The quantitative estimate of drug-likeness (QED) is 0.582. The number of rotatable bonds is 3. The fourth-order valence-corrected chi connectivity index (χ4v) is 5.59. The molecular weight excluding hydrogens is 454 g/mol. The maximum Gasteiger partial charge on any atom is 0.257 e. The number of nitrogens with zero attached hydrogens (tertiary/aromatic N) is 2. The highest BCUT2D eigenvalue weighted by molar-refractivity contribution is 5.97. The first kappa shape index (κ1) is 24.4. The van der Waals surface area contributed by atoms with E-state index in [9.17, 15) is 14.7 Å². The molecule has 0 spiro atoms. The van der Waals surface area contributed by atoms with Crippen LogP contribution in [0.1, 0.15) is 48.0 Å². The van der Waals surface area contributed by atoms with Crippen molar-refractivity contribution >= 4 is 22.7 Å². The number of hydrogen-bond donors (Lipinski definition) is 2. The van der Waals surface area contributed by atoms with Crippen LogP contribution in [-0.4, -0.2) is 71.1 Å². The first-order valence-corrected chi connectivity index (χ1v) is 13.0. The first-order chi connectivity index (χ1) is 17.6. The van der Waals surface area contributed by atoms with Gasteiger partial charge in [0, 0.05) is 43.3 Å². The number of fused-ring (bicyclic) bond motifs is 10. The number of amides is 2. The Labute approximate surface area is 212 Å². The molecule has 3 aliphatic heterocycles. The summed E-state index contributed by atoms with van der Waals surface area (Å²) in [6, 6.07) is 15.4. The number of nitrogens with one attached hydrogen (secondary N) is 1. The van der Waals surface area contributed by atoms with Gasteiger partial charge in [-0.05, 0) is 54.9 Å². The lowest BCUT2D eigenvalue weighted by Gasteiger charge is -2.41. The third-order valence-electron chi connectivity index (χ3n) is 7.94. The highest BCUT2D eigenvalue weighted by atomic mass is 16.5. The number of para-hydroxylation sites is 2. The van der Waals surface area contributed by atoms with E-state index in [2.05, 4.69) is 4.98 Å². The predicted octanol–water partition coefficient (Wildman–Crippen LogP) is 4.02. The minimum Gasteiger partial charge on any atom is -0.491 e. The molecule has 1 fully saturated rings. The Morgan fingerprint density at radius 3 is 2.58 bits per heavy atom. The molecule has 6 rings (SSSR count). The van der Waals surface area contributed by atoms with Crippen LogP contribution in [0.3, 0.4) is 0 Å². The van der Waals surface area contributed by atoms with Crippen LogP contribution in [0.4, 0.5) is 0 Å². The number of H-pyrrole nitrogens is 1. The average molecular weight is 490 g/mol. The third-order valence-corrected chi connectivity index (χ3v) is 7.94. The fraction of sp³-hybridized carbons (Fsp3) is 0.448. The van der Waals surface area contributed by atoms with Gasteiger partial charge in [-0.15, -0.1) is 0 Å². The summed E-state index contributed by atoms with van der Waals surface area (Å²) in [6.45, 7) is 2.85. The van der Waals surface area contributed by atoms with Crippen molar-refractivity contribution in [3.63, 3.8) is 0 Å². The maximum atomic E-state index is 13.4. The van der Waals surface area contributed by atoms with Crippen LogP contribution in [0.15, 0.2) is 54.7 Å². The van der Waals surface area contributed by atoms with Gasteiger partial charge in [0.25, 0.3) is 5.91 Å². The van der Waals surface area contributed by atoms with Crippen molar-refractivity contribution in [2.45, 2.75) is 38.5 Å². The number of carbonyl (C=O) groups is 2. The number of aromatic nitrogens is 1. The Balaban J connectivity index is 1.35. The standard InChI is InChI=1S/C29H35N3O4/c33-21-29-11-5-6-14-31(27(34)19-22-20-30-25-9-3-1-7-23(22)25)17-18-36-26-10-4-2-8-24(26)28(35)32(15-12-29)16-13-29/h1-4,7-10,20,30,33H,5-6,11-19,21H2. The molecule has 4 heterocycles. The molecule has 1 aromatic heterocycles. The first-order valence-electron chi connectivity index (χ1n) is 13.0. The van der Waals surface area contributed by atoms with Crippen molar-refractivity contribution in [3.05, 3.63) is 65.9 Å². The van der Waals surface area contributed by atoms with Gasteiger partial charge in [-0.1, -0.05) is 36.8 Å². The molecular formula is C29H35N3O4. The Bertz CT molecular complexity index is 1210. The van der Waals surface area contributed by atoms with Gasteiger partial charge >= 0.3 is 0 Å². The molecule has 0 aliphatic carbocycles. The molecule has 7 heteroatoms. The third kappa shape index (κ3) is 5.12. The van der Waals surface area contributed by atoms with Gasteiger partial charge < -0.3 is 24.6 Å². The second-order valence-corrected chi connectivity index (χ2v) is 10.2. The Kier molecular flexibility index (Phi) is 7.28. The van der Waals surface area contributed by atoms with Gasteiger partial charge in [0.2, 0.25) is 5.91 Å². The number of ether oxygens (including phenoxy) is 1. The summed E-state index contributed by atoms with van der Waals surface area (Å²) in [6.07, 6.45) is 6.55. The summed E-state index contributed by atoms with van der Waals surface area (Å²) in [5.41, 5.74) is 2.43. The Morgan fingerprint density at radius 1 is 0.972 bits per heavy atom. The molecule has 0 saturated carbocycles. The molecule has 2 aromatic carbocycles. The zero-order chi connectivity index (χ0) is 25.0. The van der Waals surface area contributed by atoms with Crippen LogP contribution in [-0.2, 0) is 11.2 Å². The van der Waals surface area contributed by atoms with E-state index in [0.717, 1.165) is 48.6 Å². The van der Waals surface area contributed by atoms with Crippen LogP contribution < -0.4 is 4.74 Å². The van der Waals surface area contributed by atoms with Crippen molar-refractivity contribution in [1.82, 2.24) is 14.8 Å². The van der Waals surface area contributed by atoms with Crippen molar-refractivity contribution in [2.24, 2.45) is 5.41 Å². The fourth-order valence-electron chi connectivity index (χ4n) is 5.59. The number of aliphatic hydroxyl groups excluding tert-OH is 1. The molecule has 2 amide bonds. The smallest absolute Gasteiger partial charge is 0.257 e. The van der Waals surface area contributed by atoms with Gasteiger partial charge in [-0.2, -0.15) is 0 Å². The second-order valence-electron chi connectivity index (χ2n) is 10.2. The molecule has 190 valence electrons. The van der Waals surface area contributed by atoms with E-state index in [-0.39, 0.29) is 23.8 Å². The lowest BCUT2D eigenvalue weighted by atomic mass is 9.75. The van der Waals surface area contributed by atoms with E-state index in [4.69, 9.17) is 4.74 Å². The van der Waals surface area contributed by atoms with Crippen LogP contribution in [0.5, 0.6) is 5.75 Å². The van der Waals surface area contributed by atoms with E-state index in [1.54, 1.807) is 0 Å². The zero-order valence-corrected chi connectivity index (χ0v) is 20.7. The number of aromatic amines is 1. The Morgan fingerprint density at radius 2 is 1.75 bits per heavy atom. The largest absolute Gasteiger partial charge is 0.491 e. The SMILES string of the molecule is O=C(Cc1c[nH]c2ccccc12)N1CCCCC2(CO)CCN(CC2)C(=O)c2ccccc2OCC1. The van der Waals surface area contributed by atoms with Gasteiger partial charge in [-0.25, -0.2) is 0 Å². The van der Waals surface area contributed by atoms with E-state index in [0.29, 0.717) is 50.5 Å². The molecule has 3 aliphatic rings. The van der Waals surface area contributed by atoms with E-state index >= 15 is 0 Å². The normalized spacial score (nSPS) is 18.9. The molecule has 3 aromatic rings. The van der Waals surface area contributed by atoms with Crippen molar-refractivity contribution in [2.75, 3.05) is 39.4 Å². The van der Waals surface area contributed by atoms with Crippen molar-refractivity contribution in [1.29, 1.82) is 0 Å². The molecule has 7 nitrogen and oxygen atoms in total. The Hall–Kier alpha value is -3.32. The van der Waals surface area contributed by atoms with Crippen LogP contribution in [0.25, 0.3) is 10.9 Å². The predicted molar refractivity (Wildman–Crippen MR) is 139 cm³/mol. The van der Waals surface area contributed by atoms with Crippen molar-refractivity contribution < 1.29 is 19.4 Å². The summed E-state index contributed by atoms with van der Waals surface area (Å²) in [5, 5.41) is 11.3. The molecule has 0 atom stereocenters. The molecule has 0 radical (unpaired) electrons. The second kappa shape index (κ2) is 10.7. The van der Waals surface area contributed by atoms with E-state index in [1.807, 2.05) is 64.5 Å². The van der Waals surface area contributed by atoms with Gasteiger partial charge in [0.15, 0.2) is 0 Å². The number of aliphatic hydroxyl groups is 1. The van der Waals surface area contributed by atoms with Crippen LogP contribution in [0.2, 0.25) is 0 Å². The summed E-state index contributed by atoms with van der Waals surface area (Å²) in [7, 11) is 0. The molecule has 1 saturated heterocycles. The molecule has 0 unspecified atom stereocenters. The van der Waals surface area contributed by atoms with Gasteiger partial charge in [0.05, 0.1) is 18.5 Å². The zero-order valence-electron chi connectivity index (χ0n) is 20.7. The topological polar surface area (TPSA) is 85.9 Å². The number of benzene rings is 2. The van der Waals surface area contributed by atoms with E-state index < -0.39 is 0 Å².